The SMILES string of the molecule is Cc1c(C(=O)O)nn(-c2ccccc2)c1-c1ccccc1. The van der Waals surface area contributed by atoms with E-state index in [1.807, 2.05) is 60.7 Å². The van der Waals surface area contributed by atoms with Gasteiger partial charge in [0.1, 0.15) is 0 Å². The minimum atomic E-state index is -1.01. The van der Waals surface area contributed by atoms with Crippen molar-refractivity contribution in [2.24, 2.45) is 0 Å². The topological polar surface area (TPSA) is 55.1 Å². The fraction of sp³-hybridized carbons (Fsp3) is 0.0588. The molecule has 2 aromatic carbocycles. The monoisotopic (exact) mass is 278 g/mol. The van der Waals surface area contributed by atoms with Crippen molar-refractivity contribution >= 4 is 5.97 Å². The lowest BCUT2D eigenvalue weighted by molar-refractivity contribution is 0.0689. The minimum Gasteiger partial charge on any atom is -0.476 e. The second kappa shape index (κ2) is 5.25. The van der Waals surface area contributed by atoms with Crippen molar-refractivity contribution in [3.8, 4) is 16.9 Å². The zero-order valence-corrected chi connectivity index (χ0v) is 11.5. The van der Waals surface area contributed by atoms with E-state index >= 15 is 0 Å². The van der Waals surface area contributed by atoms with Gasteiger partial charge in [-0.1, -0.05) is 48.5 Å². The first kappa shape index (κ1) is 13.1. The van der Waals surface area contributed by atoms with Crippen molar-refractivity contribution in [3.05, 3.63) is 71.9 Å². The summed E-state index contributed by atoms with van der Waals surface area (Å²) < 4.78 is 1.69. The molecule has 0 saturated carbocycles. The Morgan fingerprint density at radius 1 is 1.00 bits per heavy atom. The van der Waals surface area contributed by atoms with E-state index in [-0.39, 0.29) is 5.69 Å². The normalized spacial score (nSPS) is 10.5. The summed E-state index contributed by atoms with van der Waals surface area (Å²) in [5, 5.41) is 13.6. The fourth-order valence-corrected chi connectivity index (χ4v) is 2.39. The molecule has 0 radical (unpaired) electrons. The number of aromatic nitrogens is 2. The van der Waals surface area contributed by atoms with Crippen molar-refractivity contribution in [1.82, 2.24) is 9.78 Å². The Balaban J connectivity index is 2.29. The summed E-state index contributed by atoms with van der Waals surface area (Å²) >= 11 is 0. The Morgan fingerprint density at radius 2 is 1.57 bits per heavy atom. The van der Waals surface area contributed by atoms with Gasteiger partial charge >= 0.3 is 5.97 Å². The Bertz CT molecular complexity index is 777. The van der Waals surface area contributed by atoms with Gasteiger partial charge in [-0.15, -0.1) is 0 Å². The standard InChI is InChI=1S/C17H14N2O2/c1-12-15(17(20)21)18-19(14-10-6-3-7-11-14)16(12)13-8-4-2-5-9-13/h2-11H,1H3,(H,20,21). The van der Waals surface area contributed by atoms with E-state index in [1.54, 1.807) is 11.6 Å². The summed E-state index contributed by atoms with van der Waals surface area (Å²) in [6.07, 6.45) is 0. The van der Waals surface area contributed by atoms with Crippen LogP contribution in [-0.2, 0) is 0 Å². The number of rotatable bonds is 3. The van der Waals surface area contributed by atoms with E-state index in [4.69, 9.17) is 0 Å². The van der Waals surface area contributed by atoms with Gasteiger partial charge in [-0.3, -0.25) is 0 Å². The summed E-state index contributed by atoms with van der Waals surface area (Å²) in [6.45, 7) is 1.79. The summed E-state index contributed by atoms with van der Waals surface area (Å²) in [4.78, 5) is 11.4. The van der Waals surface area contributed by atoms with E-state index in [1.165, 1.54) is 0 Å². The average Bonchev–Trinajstić information content (AvgIpc) is 2.87. The third kappa shape index (κ3) is 2.31. The summed E-state index contributed by atoms with van der Waals surface area (Å²) in [5.41, 5.74) is 3.33. The molecule has 104 valence electrons. The summed E-state index contributed by atoms with van der Waals surface area (Å²) in [6, 6.07) is 19.2. The molecule has 21 heavy (non-hydrogen) atoms. The van der Waals surface area contributed by atoms with E-state index < -0.39 is 5.97 Å². The molecule has 0 spiro atoms. The first-order valence-electron chi connectivity index (χ1n) is 6.62. The molecule has 1 heterocycles. The van der Waals surface area contributed by atoms with Crippen molar-refractivity contribution < 1.29 is 9.90 Å². The number of aromatic carboxylic acids is 1. The summed E-state index contributed by atoms with van der Waals surface area (Å²) in [7, 11) is 0. The van der Waals surface area contributed by atoms with Gasteiger partial charge in [0.15, 0.2) is 5.69 Å². The van der Waals surface area contributed by atoms with Crippen LogP contribution in [0.3, 0.4) is 0 Å². The van der Waals surface area contributed by atoms with Crippen LogP contribution in [0.4, 0.5) is 0 Å². The quantitative estimate of drug-likeness (QED) is 0.797. The average molecular weight is 278 g/mol. The molecule has 0 bridgehead atoms. The van der Waals surface area contributed by atoms with Crippen LogP contribution in [0.2, 0.25) is 0 Å². The number of carbonyl (C=O) groups is 1. The van der Waals surface area contributed by atoms with Gasteiger partial charge in [0.05, 0.1) is 11.4 Å². The first-order chi connectivity index (χ1) is 10.2. The molecule has 3 aromatic rings. The molecule has 1 aromatic heterocycles. The van der Waals surface area contributed by atoms with E-state index in [2.05, 4.69) is 5.10 Å². The largest absolute Gasteiger partial charge is 0.476 e. The Morgan fingerprint density at radius 3 is 2.14 bits per heavy atom. The summed E-state index contributed by atoms with van der Waals surface area (Å²) in [5.74, 6) is -1.01. The molecule has 0 saturated heterocycles. The lowest BCUT2D eigenvalue weighted by atomic mass is 10.1. The van der Waals surface area contributed by atoms with Crippen molar-refractivity contribution in [1.29, 1.82) is 0 Å². The Hall–Kier alpha value is -2.88. The van der Waals surface area contributed by atoms with Crippen LogP contribution in [0.1, 0.15) is 16.1 Å². The van der Waals surface area contributed by atoms with Crippen molar-refractivity contribution in [2.75, 3.05) is 0 Å². The number of carboxylic acid groups (broad SMARTS) is 1. The van der Waals surface area contributed by atoms with Crippen LogP contribution in [-0.4, -0.2) is 20.9 Å². The van der Waals surface area contributed by atoms with Crippen LogP contribution in [0, 0.1) is 6.92 Å². The number of carboxylic acids is 1. The molecule has 0 amide bonds. The maximum atomic E-state index is 11.4. The lowest BCUT2D eigenvalue weighted by Crippen LogP contribution is -2.02. The minimum absolute atomic E-state index is 0.0812. The number of benzene rings is 2. The maximum Gasteiger partial charge on any atom is 0.356 e. The van der Waals surface area contributed by atoms with Crippen molar-refractivity contribution in [3.63, 3.8) is 0 Å². The second-order valence-corrected chi connectivity index (χ2v) is 4.74. The van der Waals surface area contributed by atoms with Crippen LogP contribution >= 0.6 is 0 Å². The fourth-order valence-electron chi connectivity index (χ4n) is 2.39. The highest BCUT2D eigenvalue weighted by Gasteiger charge is 2.21. The predicted molar refractivity (Wildman–Crippen MR) is 80.7 cm³/mol. The van der Waals surface area contributed by atoms with E-state index in [0.717, 1.165) is 16.9 Å². The first-order valence-corrected chi connectivity index (χ1v) is 6.62. The van der Waals surface area contributed by atoms with Crippen molar-refractivity contribution in [2.45, 2.75) is 6.92 Å². The highest BCUT2D eigenvalue weighted by atomic mass is 16.4. The number of hydrogen-bond donors (Lipinski definition) is 1. The third-order valence-electron chi connectivity index (χ3n) is 3.37. The predicted octanol–water partition coefficient (Wildman–Crippen LogP) is 3.55. The Labute approximate surface area is 122 Å². The lowest BCUT2D eigenvalue weighted by Gasteiger charge is -2.08. The van der Waals surface area contributed by atoms with Gasteiger partial charge in [-0.05, 0) is 19.1 Å². The molecule has 3 rings (SSSR count). The van der Waals surface area contributed by atoms with Gasteiger partial charge in [0.25, 0.3) is 0 Å². The molecular weight excluding hydrogens is 264 g/mol. The molecule has 4 nitrogen and oxygen atoms in total. The smallest absolute Gasteiger partial charge is 0.356 e. The zero-order valence-electron chi connectivity index (χ0n) is 11.5. The number of hydrogen-bond acceptors (Lipinski definition) is 2. The van der Waals surface area contributed by atoms with Crippen LogP contribution in [0.25, 0.3) is 16.9 Å². The third-order valence-corrected chi connectivity index (χ3v) is 3.37. The molecule has 0 unspecified atom stereocenters. The second-order valence-electron chi connectivity index (χ2n) is 4.74. The van der Waals surface area contributed by atoms with Crippen LogP contribution in [0.15, 0.2) is 60.7 Å². The van der Waals surface area contributed by atoms with Gasteiger partial charge in [-0.25, -0.2) is 9.48 Å². The molecule has 1 N–H and O–H groups in total. The molecule has 0 fully saturated rings. The van der Waals surface area contributed by atoms with E-state index in [9.17, 15) is 9.90 Å². The molecular formula is C17H14N2O2. The van der Waals surface area contributed by atoms with Gasteiger partial charge in [-0.2, -0.15) is 5.10 Å². The highest BCUT2D eigenvalue weighted by Crippen LogP contribution is 2.28. The zero-order chi connectivity index (χ0) is 14.8. The molecule has 0 aliphatic rings. The molecule has 0 atom stereocenters. The number of para-hydroxylation sites is 1. The highest BCUT2D eigenvalue weighted by molar-refractivity contribution is 5.90. The molecule has 4 heteroatoms. The maximum absolute atomic E-state index is 11.4. The van der Waals surface area contributed by atoms with Gasteiger partial charge in [0, 0.05) is 11.1 Å². The van der Waals surface area contributed by atoms with E-state index in [0.29, 0.717) is 5.56 Å². The Kier molecular flexibility index (Phi) is 3.28. The van der Waals surface area contributed by atoms with Crippen LogP contribution in [0.5, 0.6) is 0 Å². The molecule has 0 aliphatic carbocycles. The van der Waals surface area contributed by atoms with Crippen LogP contribution < -0.4 is 0 Å². The van der Waals surface area contributed by atoms with Gasteiger partial charge in [0.2, 0.25) is 0 Å². The number of nitrogens with zero attached hydrogens (tertiary/aromatic N) is 2. The molecule has 0 aliphatic heterocycles. The van der Waals surface area contributed by atoms with Gasteiger partial charge < -0.3 is 5.11 Å².